The largest absolute Gasteiger partial charge is 0.311 e. The van der Waals surface area contributed by atoms with E-state index in [1.54, 1.807) is 6.07 Å². The topological polar surface area (TPSA) is 15.3 Å². The molecule has 18 heavy (non-hydrogen) atoms. The van der Waals surface area contributed by atoms with E-state index in [0.29, 0.717) is 12.1 Å². The average molecular weight is 271 g/mol. The van der Waals surface area contributed by atoms with Crippen molar-refractivity contribution in [1.29, 1.82) is 0 Å². The van der Waals surface area contributed by atoms with Crippen LogP contribution in [0.5, 0.6) is 0 Å². The van der Waals surface area contributed by atoms with Gasteiger partial charge in [0.05, 0.1) is 5.02 Å². The Labute approximate surface area is 113 Å². The fraction of sp³-hybridized carbons (Fsp3) is 0.571. The van der Waals surface area contributed by atoms with Crippen molar-refractivity contribution in [3.8, 4) is 0 Å². The summed E-state index contributed by atoms with van der Waals surface area (Å²) in [6.45, 7) is 7.27. The van der Waals surface area contributed by atoms with Crippen LogP contribution in [0.2, 0.25) is 5.02 Å². The fourth-order valence-corrected chi connectivity index (χ4v) is 2.70. The van der Waals surface area contributed by atoms with Gasteiger partial charge in [-0.3, -0.25) is 4.90 Å². The molecule has 1 heterocycles. The highest BCUT2D eigenvalue weighted by Crippen LogP contribution is 2.19. The van der Waals surface area contributed by atoms with E-state index in [9.17, 15) is 4.39 Å². The van der Waals surface area contributed by atoms with Crippen molar-refractivity contribution in [1.82, 2.24) is 10.2 Å². The van der Waals surface area contributed by atoms with Gasteiger partial charge in [0.2, 0.25) is 0 Å². The molecule has 0 aliphatic carbocycles. The number of nitrogens with zero attached hydrogens (tertiary/aromatic N) is 1. The van der Waals surface area contributed by atoms with Crippen LogP contribution in [-0.4, -0.2) is 30.1 Å². The van der Waals surface area contributed by atoms with E-state index in [1.807, 2.05) is 6.07 Å². The lowest BCUT2D eigenvalue weighted by Crippen LogP contribution is -2.54. The van der Waals surface area contributed by atoms with E-state index >= 15 is 0 Å². The molecule has 1 aliphatic rings. The summed E-state index contributed by atoms with van der Waals surface area (Å²) in [5, 5.41) is 3.70. The van der Waals surface area contributed by atoms with Crippen molar-refractivity contribution in [2.45, 2.75) is 38.9 Å². The molecule has 1 aliphatic heterocycles. The zero-order valence-electron chi connectivity index (χ0n) is 10.9. The van der Waals surface area contributed by atoms with Crippen molar-refractivity contribution in [3.63, 3.8) is 0 Å². The van der Waals surface area contributed by atoms with E-state index in [2.05, 4.69) is 24.1 Å². The first kappa shape index (κ1) is 13.8. The molecule has 0 amide bonds. The van der Waals surface area contributed by atoms with Crippen LogP contribution in [0.15, 0.2) is 18.2 Å². The lowest BCUT2D eigenvalue weighted by atomic mass is 10.1. The second-order valence-corrected chi connectivity index (χ2v) is 5.46. The molecule has 2 rings (SSSR count). The van der Waals surface area contributed by atoms with Gasteiger partial charge in [-0.25, -0.2) is 4.39 Å². The Kier molecular flexibility index (Phi) is 4.60. The van der Waals surface area contributed by atoms with Gasteiger partial charge in [0, 0.05) is 31.7 Å². The number of nitrogens with one attached hydrogen (secondary N) is 1. The van der Waals surface area contributed by atoms with Gasteiger partial charge < -0.3 is 5.32 Å². The molecule has 100 valence electrons. The fourth-order valence-electron chi connectivity index (χ4n) is 2.50. The lowest BCUT2D eigenvalue weighted by Gasteiger charge is -2.39. The minimum Gasteiger partial charge on any atom is -0.311 e. The molecule has 1 N–H and O–H groups in total. The van der Waals surface area contributed by atoms with Crippen LogP contribution in [0.25, 0.3) is 0 Å². The molecule has 2 atom stereocenters. The van der Waals surface area contributed by atoms with Crippen molar-refractivity contribution in [2.24, 2.45) is 0 Å². The zero-order chi connectivity index (χ0) is 13.1. The van der Waals surface area contributed by atoms with Gasteiger partial charge in [0.1, 0.15) is 5.82 Å². The monoisotopic (exact) mass is 270 g/mol. The van der Waals surface area contributed by atoms with Gasteiger partial charge >= 0.3 is 0 Å². The third kappa shape index (κ3) is 3.22. The zero-order valence-corrected chi connectivity index (χ0v) is 11.7. The molecular weight excluding hydrogens is 251 g/mol. The molecule has 0 aromatic heterocycles. The first-order valence-corrected chi connectivity index (χ1v) is 6.89. The third-order valence-corrected chi connectivity index (χ3v) is 3.86. The SMILES string of the molecule is CCC1CNC(C)CN1Cc1ccc(F)c(Cl)c1. The summed E-state index contributed by atoms with van der Waals surface area (Å²) in [6.07, 6.45) is 1.12. The predicted molar refractivity (Wildman–Crippen MR) is 73.4 cm³/mol. The van der Waals surface area contributed by atoms with E-state index in [4.69, 9.17) is 11.6 Å². The second-order valence-electron chi connectivity index (χ2n) is 5.05. The summed E-state index contributed by atoms with van der Waals surface area (Å²) < 4.78 is 13.1. The highest BCUT2D eigenvalue weighted by molar-refractivity contribution is 6.30. The van der Waals surface area contributed by atoms with E-state index in [0.717, 1.165) is 31.6 Å². The van der Waals surface area contributed by atoms with Gasteiger partial charge in [-0.15, -0.1) is 0 Å². The van der Waals surface area contributed by atoms with Gasteiger partial charge in [-0.05, 0) is 31.0 Å². The number of hydrogen-bond acceptors (Lipinski definition) is 2. The summed E-state index contributed by atoms with van der Waals surface area (Å²) in [7, 11) is 0. The van der Waals surface area contributed by atoms with Crippen LogP contribution >= 0.6 is 11.6 Å². The number of benzene rings is 1. The van der Waals surface area contributed by atoms with Crippen LogP contribution in [-0.2, 0) is 6.54 Å². The quantitative estimate of drug-likeness (QED) is 0.908. The Bertz CT molecular complexity index is 411. The Morgan fingerprint density at radius 2 is 2.28 bits per heavy atom. The number of hydrogen-bond donors (Lipinski definition) is 1. The molecule has 0 bridgehead atoms. The average Bonchev–Trinajstić information content (AvgIpc) is 2.34. The first-order valence-electron chi connectivity index (χ1n) is 6.51. The third-order valence-electron chi connectivity index (χ3n) is 3.57. The van der Waals surface area contributed by atoms with Crippen LogP contribution < -0.4 is 5.32 Å². The maximum absolute atomic E-state index is 13.1. The maximum atomic E-state index is 13.1. The molecule has 0 saturated carbocycles. The van der Waals surface area contributed by atoms with Crippen molar-refractivity contribution in [3.05, 3.63) is 34.6 Å². The van der Waals surface area contributed by atoms with Crippen LogP contribution in [0.1, 0.15) is 25.8 Å². The predicted octanol–water partition coefficient (Wildman–Crippen LogP) is 3.05. The van der Waals surface area contributed by atoms with Gasteiger partial charge in [-0.2, -0.15) is 0 Å². The summed E-state index contributed by atoms with van der Waals surface area (Å²) >= 11 is 5.82. The summed E-state index contributed by atoms with van der Waals surface area (Å²) in [5.41, 5.74) is 1.08. The standard InChI is InChI=1S/C14H20ClFN2/c1-3-12-7-17-10(2)8-18(12)9-11-4-5-14(16)13(15)6-11/h4-6,10,12,17H,3,7-9H2,1-2H3. The molecule has 2 nitrogen and oxygen atoms in total. The Hall–Kier alpha value is -0.640. The molecule has 2 unspecified atom stereocenters. The summed E-state index contributed by atoms with van der Waals surface area (Å²) in [5.74, 6) is -0.346. The van der Waals surface area contributed by atoms with Crippen LogP contribution in [0.4, 0.5) is 4.39 Å². The highest BCUT2D eigenvalue weighted by Gasteiger charge is 2.24. The minimum absolute atomic E-state index is 0.212. The van der Waals surface area contributed by atoms with Crippen molar-refractivity contribution >= 4 is 11.6 Å². The molecule has 0 spiro atoms. The first-order chi connectivity index (χ1) is 8.60. The summed E-state index contributed by atoms with van der Waals surface area (Å²) in [6, 6.07) is 6.05. The Morgan fingerprint density at radius 3 is 2.94 bits per heavy atom. The summed E-state index contributed by atoms with van der Waals surface area (Å²) in [4.78, 5) is 2.45. The van der Waals surface area contributed by atoms with Gasteiger partial charge in [0.15, 0.2) is 0 Å². The number of piperazine rings is 1. The van der Waals surface area contributed by atoms with E-state index < -0.39 is 0 Å². The molecule has 4 heteroatoms. The van der Waals surface area contributed by atoms with E-state index in [-0.39, 0.29) is 10.8 Å². The molecule has 1 saturated heterocycles. The van der Waals surface area contributed by atoms with Crippen molar-refractivity contribution in [2.75, 3.05) is 13.1 Å². The van der Waals surface area contributed by atoms with Crippen LogP contribution in [0.3, 0.4) is 0 Å². The molecule has 1 aromatic rings. The highest BCUT2D eigenvalue weighted by atomic mass is 35.5. The normalized spacial score (nSPS) is 25.3. The number of rotatable bonds is 3. The molecular formula is C14H20ClFN2. The van der Waals surface area contributed by atoms with Crippen molar-refractivity contribution < 1.29 is 4.39 Å². The second kappa shape index (κ2) is 6.00. The van der Waals surface area contributed by atoms with Gasteiger partial charge in [-0.1, -0.05) is 24.6 Å². The minimum atomic E-state index is -0.346. The lowest BCUT2D eigenvalue weighted by molar-refractivity contribution is 0.124. The van der Waals surface area contributed by atoms with E-state index in [1.165, 1.54) is 6.07 Å². The van der Waals surface area contributed by atoms with Crippen LogP contribution in [0, 0.1) is 5.82 Å². The molecule has 0 radical (unpaired) electrons. The molecule has 1 aromatic carbocycles. The Balaban J connectivity index is 2.08. The smallest absolute Gasteiger partial charge is 0.141 e. The molecule has 1 fully saturated rings. The van der Waals surface area contributed by atoms with Gasteiger partial charge in [0.25, 0.3) is 0 Å². The Morgan fingerprint density at radius 1 is 1.50 bits per heavy atom. The maximum Gasteiger partial charge on any atom is 0.141 e. The number of halogens is 2.